The number of thioether (sulfide) groups is 1. The molecule has 0 aliphatic carbocycles. The van der Waals surface area contributed by atoms with E-state index in [2.05, 4.69) is 22.0 Å². The van der Waals surface area contributed by atoms with Crippen molar-refractivity contribution >= 4 is 57.6 Å². The number of amides is 3. The van der Waals surface area contributed by atoms with Crippen molar-refractivity contribution in [2.24, 2.45) is 0 Å². The number of thiophene rings is 1. The van der Waals surface area contributed by atoms with Crippen LogP contribution in [-0.2, 0) is 9.59 Å². The molecule has 50 heavy (non-hydrogen) atoms. The Bertz CT molecular complexity index is 2090. The number of hydrogen-bond acceptors (Lipinski definition) is 8. The van der Waals surface area contributed by atoms with Crippen LogP contribution >= 0.6 is 23.1 Å². The number of aromatic hydroxyl groups is 1. The van der Waals surface area contributed by atoms with Crippen LogP contribution in [0, 0.1) is 18.3 Å². The van der Waals surface area contributed by atoms with Gasteiger partial charge in [0.2, 0.25) is 5.91 Å². The van der Waals surface area contributed by atoms with Crippen LogP contribution in [0.15, 0.2) is 113 Å². The molecule has 252 valence electrons. The van der Waals surface area contributed by atoms with Crippen LogP contribution in [-0.4, -0.2) is 35.2 Å². The van der Waals surface area contributed by atoms with Gasteiger partial charge >= 0.3 is 0 Å². The Labute approximate surface area is 298 Å². The summed E-state index contributed by atoms with van der Waals surface area (Å²) in [5.74, 6) is -1.02. The second-order valence-corrected chi connectivity index (χ2v) is 13.3. The molecule has 0 spiro atoms. The maximum atomic E-state index is 13.7. The molecule has 0 aliphatic heterocycles. The minimum Gasteiger partial charge on any atom is -0.508 e. The molecule has 1 unspecified atom stereocenters. The number of carbonyl (C=O) groups excluding carboxylic acids is 3. The summed E-state index contributed by atoms with van der Waals surface area (Å²) in [7, 11) is 1.44. The zero-order chi connectivity index (χ0) is 35.6. The lowest BCUT2D eigenvalue weighted by Gasteiger charge is -2.16. The zero-order valence-corrected chi connectivity index (χ0v) is 29.2. The highest BCUT2D eigenvalue weighted by Gasteiger charge is 2.22. The van der Waals surface area contributed by atoms with Gasteiger partial charge in [-0.25, -0.2) is 0 Å². The molecule has 0 saturated carbocycles. The second kappa shape index (κ2) is 16.5. The number of anilines is 2. The molecule has 0 saturated heterocycles. The van der Waals surface area contributed by atoms with Gasteiger partial charge in [-0.2, -0.15) is 5.26 Å². The minimum atomic E-state index is -0.595. The molecular formula is C39H34N4O5S2. The fourth-order valence-corrected chi connectivity index (χ4v) is 6.88. The van der Waals surface area contributed by atoms with Crippen LogP contribution in [0.3, 0.4) is 0 Å². The third-order valence-electron chi connectivity index (χ3n) is 7.58. The van der Waals surface area contributed by atoms with E-state index in [0.717, 1.165) is 21.6 Å². The fourth-order valence-electron chi connectivity index (χ4n) is 4.95. The average molecular weight is 703 g/mol. The quantitative estimate of drug-likeness (QED) is 0.0759. The molecule has 0 aliphatic rings. The van der Waals surface area contributed by atoms with Gasteiger partial charge in [-0.15, -0.1) is 23.1 Å². The van der Waals surface area contributed by atoms with Crippen molar-refractivity contribution in [2.75, 3.05) is 17.7 Å². The largest absolute Gasteiger partial charge is 0.508 e. The number of phenols is 1. The Morgan fingerprint density at radius 1 is 0.980 bits per heavy atom. The van der Waals surface area contributed by atoms with Gasteiger partial charge in [0.25, 0.3) is 11.8 Å². The van der Waals surface area contributed by atoms with Gasteiger partial charge in [0.15, 0.2) is 0 Å². The summed E-state index contributed by atoms with van der Waals surface area (Å²) in [6.07, 6.45) is 1.98. The van der Waals surface area contributed by atoms with Gasteiger partial charge in [-0.05, 0) is 67.4 Å². The van der Waals surface area contributed by atoms with E-state index >= 15 is 0 Å². The Hall–Kier alpha value is -5.83. The summed E-state index contributed by atoms with van der Waals surface area (Å²) in [6.45, 7) is 3.91. The Morgan fingerprint density at radius 3 is 2.44 bits per heavy atom. The summed E-state index contributed by atoms with van der Waals surface area (Å²) >= 11 is 2.65. The SMILES string of the molecule is CCC(Sc1cccc(NC(=O)/C(=C\c2ccc(O)cc2OC)NC(=O)c2ccccc2)c1)C(=O)Nc1scc(-c2ccc(C)cc2)c1C#N. The van der Waals surface area contributed by atoms with E-state index in [1.807, 2.05) is 49.6 Å². The van der Waals surface area contributed by atoms with Crippen LogP contribution in [0.2, 0.25) is 0 Å². The third-order valence-corrected chi connectivity index (χ3v) is 9.83. The molecule has 11 heteroatoms. The van der Waals surface area contributed by atoms with Crippen molar-refractivity contribution in [2.45, 2.75) is 30.4 Å². The first-order valence-corrected chi connectivity index (χ1v) is 17.4. The molecule has 5 aromatic rings. The molecular weight excluding hydrogens is 669 g/mol. The zero-order valence-electron chi connectivity index (χ0n) is 27.5. The molecule has 1 heterocycles. The maximum Gasteiger partial charge on any atom is 0.272 e. The number of methoxy groups -OCH3 is 1. The van der Waals surface area contributed by atoms with Crippen molar-refractivity contribution in [3.63, 3.8) is 0 Å². The number of nitrogens with one attached hydrogen (secondary N) is 3. The predicted octanol–water partition coefficient (Wildman–Crippen LogP) is 8.23. The number of benzene rings is 4. The number of nitrogens with zero attached hydrogens (tertiary/aromatic N) is 1. The first kappa shape index (κ1) is 35.5. The van der Waals surface area contributed by atoms with Gasteiger partial charge in [-0.3, -0.25) is 14.4 Å². The molecule has 4 aromatic carbocycles. The topological polar surface area (TPSA) is 141 Å². The summed E-state index contributed by atoms with van der Waals surface area (Å²) in [6, 6.07) is 30.1. The number of aryl methyl sites for hydroxylation is 1. The molecule has 5 rings (SSSR count). The van der Waals surface area contributed by atoms with Crippen LogP contribution in [0.4, 0.5) is 10.7 Å². The normalized spacial score (nSPS) is 11.6. The van der Waals surface area contributed by atoms with Gasteiger partial charge in [-0.1, -0.05) is 61.0 Å². The third kappa shape index (κ3) is 8.79. The number of rotatable bonds is 12. The average Bonchev–Trinajstić information content (AvgIpc) is 3.53. The Morgan fingerprint density at radius 2 is 1.74 bits per heavy atom. The summed E-state index contributed by atoms with van der Waals surface area (Å²) in [5, 5.41) is 30.2. The number of phenolic OH excluding ortho intramolecular Hbond substituents is 1. The highest BCUT2D eigenvalue weighted by atomic mass is 32.2. The molecule has 3 amide bonds. The number of nitriles is 1. The van der Waals surface area contributed by atoms with Gasteiger partial charge in [0, 0.05) is 38.7 Å². The van der Waals surface area contributed by atoms with Crippen LogP contribution in [0.1, 0.15) is 40.4 Å². The van der Waals surface area contributed by atoms with Gasteiger partial charge < -0.3 is 25.8 Å². The summed E-state index contributed by atoms with van der Waals surface area (Å²) < 4.78 is 5.37. The fraction of sp³-hybridized carbons (Fsp3) is 0.128. The first-order valence-electron chi connectivity index (χ1n) is 15.6. The van der Waals surface area contributed by atoms with Crippen LogP contribution < -0.4 is 20.7 Å². The standard InChI is InChI=1S/C39H34N4O5S2/c1-4-35(38(47)43-39-31(22-40)32(23-49-39)25-15-13-24(2)14-16-25)50-30-12-8-11-28(20-30)41-37(46)33(42-36(45)26-9-6-5-7-10-26)19-27-17-18-29(44)21-34(27)48-3/h5-21,23,35,44H,4H2,1-3H3,(H,41,46)(H,42,45)(H,43,47)/b33-19+. The van der Waals surface area contributed by atoms with Crippen LogP contribution in [0.25, 0.3) is 17.2 Å². The summed E-state index contributed by atoms with van der Waals surface area (Å²) in [5.41, 5.74) is 4.43. The van der Waals surface area contributed by atoms with E-state index in [4.69, 9.17) is 4.74 Å². The maximum absolute atomic E-state index is 13.7. The molecule has 0 radical (unpaired) electrons. The van der Waals surface area contributed by atoms with E-state index in [9.17, 15) is 24.8 Å². The van der Waals surface area contributed by atoms with E-state index < -0.39 is 17.1 Å². The molecule has 0 bridgehead atoms. The smallest absolute Gasteiger partial charge is 0.272 e. The number of ether oxygens (including phenoxy) is 1. The Kier molecular flexibility index (Phi) is 11.7. The van der Waals surface area contributed by atoms with E-state index in [1.54, 1.807) is 54.6 Å². The molecule has 9 nitrogen and oxygen atoms in total. The van der Waals surface area contributed by atoms with Crippen molar-refractivity contribution in [1.82, 2.24) is 5.32 Å². The lowest BCUT2D eigenvalue weighted by Crippen LogP contribution is -2.30. The molecule has 0 fully saturated rings. The van der Waals surface area contributed by atoms with Gasteiger partial charge in [0.1, 0.15) is 28.3 Å². The number of hydrogen-bond donors (Lipinski definition) is 4. The lowest BCUT2D eigenvalue weighted by atomic mass is 10.0. The highest BCUT2D eigenvalue weighted by Crippen LogP contribution is 2.36. The Balaban J connectivity index is 1.33. The highest BCUT2D eigenvalue weighted by molar-refractivity contribution is 8.00. The first-order chi connectivity index (χ1) is 24.2. The summed E-state index contributed by atoms with van der Waals surface area (Å²) in [4.78, 5) is 40.9. The molecule has 1 atom stereocenters. The van der Waals surface area contributed by atoms with E-state index in [1.165, 1.54) is 48.4 Å². The lowest BCUT2D eigenvalue weighted by molar-refractivity contribution is -0.116. The molecule has 1 aromatic heterocycles. The predicted molar refractivity (Wildman–Crippen MR) is 199 cm³/mol. The van der Waals surface area contributed by atoms with Crippen molar-refractivity contribution in [3.05, 3.63) is 130 Å². The van der Waals surface area contributed by atoms with Crippen molar-refractivity contribution in [3.8, 4) is 28.7 Å². The van der Waals surface area contributed by atoms with Gasteiger partial charge in [0.05, 0.1) is 17.9 Å². The van der Waals surface area contributed by atoms with Crippen LogP contribution in [0.5, 0.6) is 11.5 Å². The monoisotopic (exact) mass is 702 g/mol. The van der Waals surface area contributed by atoms with Crippen molar-refractivity contribution in [1.29, 1.82) is 5.26 Å². The molecule has 4 N–H and O–H groups in total. The minimum absolute atomic E-state index is 0.0143. The second-order valence-electron chi connectivity index (χ2n) is 11.1. The van der Waals surface area contributed by atoms with E-state index in [0.29, 0.717) is 39.5 Å². The van der Waals surface area contributed by atoms with E-state index in [-0.39, 0.29) is 17.4 Å². The number of carbonyl (C=O) groups is 3. The van der Waals surface area contributed by atoms with Crippen molar-refractivity contribution < 1.29 is 24.2 Å².